The van der Waals surface area contributed by atoms with Gasteiger partial charge in [-0.1, -0.05) is 44.5 Å². The van der Waals surface area contributed by atoms with E-state index in [9.17, 15) is 0 Å². The van der Waals surface area contributed by atoms with Crippen molar-refractivity contribution >= 4 is 17.4 Å². The molecule has 4 heteroatoms. The number of hydrogen-bond acceptors (Lipinski definition) is 3. The molecule has 0 aliphatic carbocycles. The van der Waals surface area contributed by atoms with Gasteiger partial charge >= 0.3 is 0 Å². The fourth-order valence-electron chi connectivity index (χ4n) is 1.95. The van der Waals surface area contributed by atoms with Crippen LogP contribution in [0.1, 0.15) is 39.1 Å². The van der Waals surface area contributed by atoms with Gasteiger partial charge in [-0.25, -0.2) is 9.97 Å². The summed E-state index contributed by atoms with van der Waals surface area (Å²) in [5.41, 5.74) is 2.87. The van der Waals surface area contributed by atoms with E-state index in [-0.39, 0.29) is 5.41 Å². The number of hydrogen-bond donors (Lipinski definition) is 1. The number of aryl methyl sites for hydroxylation is 1. The van der Waals surface area contributed by atoms with E-state index in [4.69, 9.17) is 16.6 Å². The van der Waals surface area contributed by atoms with Crippen molar-refractivity contribution < 1.29 is 0 Å². The molecule has 0 atom stereocenters. The molecular weight excluding hydrogens is 282 g/mol. The van der Waals surface area contributed by atoms with E-state index < -0.39 is 0 Å². The molecule has 0 saturated carbocycles. The van der Waals surface area contributed by atoms with Crippen LogP contribution in [0.25, 0.3) is 11.3 Å². The maximum Gasteiger partial charge on any atom is 0.136 e. The Morgan fingerprint density at radius 1 is 1.14 bits per heavy atom. The Bertz CT molecular complexity index is 645. The highest BCUT2D eigenvalue weighted by molar-refractivity contribution is 6.31. The summed E-state index contributed by atoms with van der Waals surface area (Å²) in [6.45, 7) is 11.2. The molecule has 1 aromatic heterocycles. The molecule has 0 fully saturated rings. The van der Waals surface area contributed by atoms with Crippen LogP contribution in [0.3, 0.4) is 0 Å². The van der Waals surface area contributed by atoms with Crippen molar-refractivity contribution in [1.29, 1.82) is 0 Å². The second-order valence-electron chi connectivity index (χ2n) is 6.21. The van der Waals surface area contributed by atoms with Gasteiger partial charge in [0.1, 0.15) is 11.6 Å². The normalized spacial score (nSPS) is 11.5. The second-order valence-corrected chi connectivity index (χ2v) is 6.61. The first-order valence-electron chi connectivity index (χ1n) is 7.21. The highest BCUT2D eigenvalue weighted by Gasteiger charge is 2.19. The molecule has 112 valence electrons. The summed E-state index contributed by atoms with van der Waals surface area (Å²) in [6, 6.07) is 8.00. The Morgan fingerprint density at radius 3 is 2.43 bits per heavy atom. The van der Waals surface area contributed by atoms with Crippen LogP contribution in [-0.2, 0) is 5.41 Å². The average Bonchev–Trinajstić information content (AvgIpc) is 2.41. The van der Waals surface area contributed by atoms with Gasteiger partial charge in [-0.05, 0) is 25.5 Å². The molecule has 1 heterocycles. The largest absolute Gasteiger partial charge is 0.370 e. The lowest BCUT2D eigenvalue weighted by atomic mass is 9.95. The van der Waals surface area contributed by atoms with Crippen LogP contribution in [0.2, 0.25) is 5.02 Å². The molecule has 0 saturated heterocycles. The van der Waals surface area contributed by atoms with Gasteiger partial charge in [0.15, 0.2) is 0 Å². The number of nitrogens with zero attached hydrogens (tertiary/aromatic N) is 2. The van der Waals surface area contributed by atoms with Crippen molar-refractivity contribution in [2.24, 2.45) is 0 Å². The van der Waals surface area contributed by atoms with Crippen LogP contribution in [0.15, 0.2) is 24.3 Å². The van der Waals surface area contributed by atoms with Gasteiger partial charge in [-0.3, -0.25) is 0 Å². The van der Waals surface area contributed by atoms with Gasteiger partial charge in [0, 0.05) is 28.6 Å². The SMILES string of the molecule is CCNc1cc(-c2ccc(C)c(Cl)c2)nc(C(C)(C)C)n1. The van der Waals surface area contributed by atoms with E-state index in [1.807, 2.05) is 31.2 Å². The van der Waals surface area contributed by atoms with Crippen LogP contribution < -0.4 is 5.32 Å². The van der Waals surface area contributed by atoms with E-state index in [2.05, 4.69) is 38.0 Å². The minimum Gasteiger partial charge on any atom is -0.370 e. The van der Waals surface area contributed by atoms with Crippen LogP contribution in [0.4, 0.5) is 5.82 Å². The molecule has 0 aliphatic heterocycles. The molecule has 0 amide bonds. The third-order valence-electron chi connectivity index (χ3n) is 3.22. The van der Waals surface area contributed by atoms with E-state index in [1.54, 1.807) is 0 Å². The molecular formula is C17H22ClN3. The first-order chi connectivity index (χ1) is 9.81. The Labute approximate surface area is 131 Å². The number of halogens is 1. The van der Waals surface area contributed by atoms with Crippen LogP contribution >= 0.6 is 11.6 Å². The monoisotopic (exact) mass is 303 g/mol. The van der Waals surface area contributed by atoms with Gasteiger partial charge in [0.25, 0.3) is 0 Å². The molecule has 3 nitrogen and oxygen atoms in total. The molecule has 21 heavy (non-hydrogen) atoms. The van der Waals surface area contributed by atoms with Crippen LogP contribution in [0, 0.1) is 6.92 Å². The van der Waals surface area contributed by atoms with Crippen molar-refractivity contribution in [3.05, 3.63) is 40.7 Å². The second kappa shape index (κ2) is 6.02. The van der Waals surface area contributed by atoms with Crippen molar-refractivity contribution in [2.45, 2.75) is 40.0 Å². The standard InChI is InChI=1S/C17H22ClN3/c1-6-19-15-10-14(20-16(21-15)17(3,4)5)12-8-7-11(2)13(18)9-12/h7-10H,6H2,1-5H3,(H,19,20,21). The zero-order chi connectivity index (χ0) is 15.6. The highest BCUT2D eigenvalue weighted by atomic mass is 35.5. The molecule has 0 radical (unpaired) electrons. The highest BCUT2D eigenvalue weighted by Crippen LogP contribution is 2.28. The molecule has 2 aromatic rings. The molecule has 0 unspecified atom stereocenters. The van der Waals surface area contributed by atoms with Crippen molar-refractivity contribution in [3.63, 3.8) is 0 Å². The van der Waals surface area contributed by atoms with Crippen LogP contribution in [-0.4, -0.2) is 16.5 Å². The number of nitrogens with one attached hydrogen (secondary N) is 1. The lowest BCUT2D eigenvalue weighted by molar-refractivity contribution is 0.546. The fraction of sp³-hybridized carbons (Fsp3) is 0.412. The van der Waals surface area contributed by atoms with E-state index in [0.29, 0.717) is 0 Å². The lowest BCUT2D eigenvalue weighted by Crippen LogP contribution is -2.17. The summed E-state index contributed by atoms with van der Waals surface area (Å²) in [4.78, 5) is 9.32. The van der Waals surface area contributed by atoms with Gasteiger partial charge in [-0.15, -0.1) is 0 Å². The van der Waals surface area contributed by atoms with Crippen LogP contribution in [0.5, 0.6) is 0 Å². The summed E-state index contributed by atoms with van der Waals surface area (Å²) in [5.74, 6) is 1.68. The van der Waals surface area contributed by atoms with Crippen molar-refractivity contribution in [3.8, 4) is 11.3 Å². The van der Waals surface area contributed by atoms with Gasteiger partial charge in [0.2, 0.25) is 0 Å². The Morgan fingerprint density at radius 2 is 1.86 bits per heavy atom. The van der Waals surface area contributed by atoms with E-state index in [0.717, 1.165) is 40.0 Å². The number of aromatic nitrogens is 2. The van der Waals surface area contributed by atoms with Gasteiger partial charge in [0.05, 0.1) is 5.69 Å². The van der Waals surface area contributed by atoms with E-state index >= 15 is 0 Å². The third-order valence-corrected chi connectivity index (χ3v) is 3.63. The summed E-state index contributed by atoms with van der Waals surface area (Å²) >= 11 is 6.24. The number of benzene rings is 1. The maximum atomic E-state index is 6.24. The summed E-state index contributed by atoms with van der Waals surface area (Å²) in [5, 5.41) is 4.03. The quantitative estimate of drug-likeness (QED) is 0.882. The zero-order valence-electron chi connectivity index (χ0n) is 13.3. The van der Waals surface area contributed by atoms with Gasteiger partial charge in [-0.2, -0.15) is 0 Å². The molecule has 0 spiro atoms. The topological polar surface area (TPSA) is 37.8 Å². The van der Waals surface area contributed by atoms with Gasteiger partial charge < -0.3 is 5.32 Å². The zero-order valence-corrected chi connectivity index (χ0v) is 14.0. The Hall–Kier alpha value is -1.61. The molecule has 0 bridgehead atoms. The minimum atomic E-state index is -0.103. The van der Waals surface area contributed by atoms with Crippen molar-refractivity contribution in [1.82, 2.24) is 9.97 Å². The first kappa shape index (κ1) is 15.8. The smallest absolute Gasteiger partial charge is 0.136 e. The predicted molar refractivity (Wildman–Crippen MR) is 90.1 cm³/mol. The molecule has 1 N–H and O–H groups in total. The third kappa shape index (κ3) is 3.73. The summed E-state index contributed by atoms with van der Waals surface area (Å²) in [7, 11) is 0. The number of anilines is 1. The minimum absolute atomic E-state index is 0.103. The summed E-state index contributed by atoms with van der Waals surface area (Å²) < 4.78 is 0. The summed E-state index contributed by atoms with van der Waals surface area (Å²) in [6.07, 6.45) is 0. The Kier molecular flexibility index (Phi) is 4.52. The molecule has 2 rings (SSSR count). The fourth-order valence-corrected chi connectivity index (χ4v) is 2.13. The lowest BCUT2D eigenvalue weighted by Gasteiger charge is -2.19. The van der Waals surface area contributed by atoms with Crippen molar-refractivity contribution in [2.75, 3.05) is 11.9 Å². The average molecular weight is 304 g/mol. The molecule has 0 aliphatic rings. The van der Waals surface area contributed by atoms with E-state index in [1.165, 1.54) is 0 Å². The number of rotatable bonds is 3. The Balaban J connectivity index is 2.56. The first-order valence-corrected chi connectivity index (χ1v) is 7.59. The molecule has 1 aromatic carbocycles. The maximum absolute atomic E-state index is 6.24. The predicted octanol–water partition coefficient (Wildman–Crippen LogP) is 4.83.